The van der Waals surface area contributed by atoms with Crippen molar-refractivity contribution < 1.29 is 13.2 Å². The van der Waals surface area contributed by atoms with Crippen LogP contribution in [0.2, 0.25) is 0 Å². The first-order valence-corrected chi connectivity index (χ1v) is 13.5. The van der Waals surface area contributed by atoms with Gasteiger partial charge in [-0.15, -0.1) is 0 Å². The molecule has 35 heavy (non-hydrogen) atoms. The van der Waals surface area contributed by atoms with Crippen molar-refractivity contribution in [3.8, 4) is 17.0 Å². The smallest absolute Gasteiger partial charge is 0.258 e. The molecule has 1 aliphatic heterocycles. The van der Waals surface area contributed by atoms with Crippen LogP contribution in [-0.2, 0) is 15.4 Å². The van der Waals surface area contributed by atoms with Crippen LogP contribution in [0.25, 0.3) is 22.0 Å². The number of sulfonamides is 1. The van der Waals surface area contributed by atoms with Gasteiger partial charge in [-0.25, -0.2) is 13.8 Å². The van der Waals surface area contributed by atoms with E-state index in [1.165, 1.54) is 7.11 Å². The summed E-state index contributed by atoms with van der Waals surface area (Å²) < 4.78 is 27.7. The Morgan fingerprint density at radius 1 is 1.20 bits per heavy atom. The number of hydrogen-bond acceptors (Lipinski definition) is 7. The Hall–Kier alpha value is -2.95. The topological polar surface area (TPSA) is 116 Å². The fraction of sp³-hybridized carbons (Fsp3) is 0.440. The molecule has 3 aromatic rings. The quantitative estimate of drug-likeness (QED) is 0.428. The van der Waals surface area contributed by atoms with Gasteiger partial charge in [0, 0.05) is 36.1 Å². The van der Waals surface area contributed by atoms with Crippen molar-refractivity contribution in [3.63, 3.8) is 0 Å². The zero-order chi connectivity index (χ0) is 25.4. The lowest BCUT2D eigenvalue weighted by Gasteiger charge is -2.23. The van der Waals surface area contributed by atoms with Crippen molar-refractivity contribution in [1.82, 2.24) is 20.2 Å². The summed E-state index contributed by atoms with van der Waals surface area (Å²) in [6, 6.07) is 9.86. The van der Waals surface area contributed by atoms with Gasteiger partial charge in [-0.3, -0.25) is 14.8 Å². The molecule has 1 atom stereocenters. The van der Waals surface area contributed by atoms with E-state index < -0.39 is 10.0 Å². The van der Waals surface area contributed by atoms with Crippen LogP contribution in [0.1, 0.15) is 32.8 Å². The van der Waals surface area contributed by atoms with Crippen LogP contribution in [0.3, 0.4) is 0 Å². The molecule has 0 radical (unpaired) electrons. The molecule has 1 aromatic carbocycles. The van der Waals surface area contributed by atoms with Gasteiger partial charge < -0.3 is 9.64 Å². The summed E-state index contributed by atoms with van der Waals surface area (Å²) in [5.41, 5.74) is 6.71. The van der Waals surface area contributed by atoms with Crippen LogP contribution >= 0.6 is 0 Å². The third-order valence-corrected chi connectivity index (χ3v) is 6.84. The van der Waals surface area contributed by atoms with E-state index in [9.17, 15) is 13.2 Å². The molecule has 3 N–H and O–H groups in total. The van der Waals surface area contributed by atoms with Gasteiger partial charge in [0.05, 0.1) is 30.8 Å². The molecule has 2 aromatic heterocycles. The van der Waals surface area contributed by atoms with Crippen molar-refractivity contribution in [2.45, 2.75) is 32.6 Å². The van der Waals surface area contributed by atoms with Crippen molar-refractivity contribution in [2.75, 3.05) is 37.9 Å². The summed E-state index contributed by atoms with van der Waals surface area (Å²) in [6.45, 7) is 8.67. The van der Waals surface area contributed by atoms with Gasteiger partial charge in [0.1, 0.15) is 0 Å². The van der Waals surface area contributed by atoms with Gasteiger partial charge in [0.25, 0.3) is 5.56 Å². The zero-order valence-corrected chi connectivity index (χ0v) is 21.6. The molecule has 0 unspecified atom stereocenters. The van der Waals surface area contributed by atoms with E-state index in [2.05, 4.69) is 59.1 Å². The molecule has 10 heteroatoms. The van der Waals surface area contributed by atoms with Gasteiger partial charge >= 0.3 is 0 Å². The Balaban J connectivity index is 1.68. The molecule has 0 amide bonds. The minimum Gasteiger partial charge on any atom is -0.482 e. The fourth-order valence-electron chi connectivity index (χ4n) is 4.39. The largest absolute Gasteiger partial charge is 0.482 e. The SMILES string of the molecule is COc1ccc(-c2cc(C(C)(C)C)cc3cc(N4CC[C@H](CNNS(C)(=O)=O)C4)cnc23)c(=O)[nH]1. The maximum Gasteiger partial charge on any atom is 0.258 e. The molecular weight excluding hydrogens is 466 g/mol. The maximum atomic E-state index is 12.8. The third kappa shape index (κ3) is 5.83. The van der Waals surface area contributed by atoms with Crippen molar-refractivity contribution >= 4 is 26.6 Å². The van der Waals surface area contributed by atoms with Gasteiger partial charge in [0.2, 0.25) is 10.0 Å². The highest BCUT2D eigenvalue weighted by molar-refractivity contribution is 7.88. The maximum absolute atomic E-state index is 12.8. The number of hydrogen-bond donors (Lipinski definition) is 3. The summed E-state index contributed by atoms with van der Waals surface area (Å²) >= 11 is 0. The number of anilines is 1. The Morgan fingerprint density at radius 3 is 2.63 bits per heavy atom. The number of methoxy groups -OCH3 is 1. The van der Waals surface area contributed by atoms with E-state index in [-0.39, 0.29) is 11.0 Å². The first kappa shape index (κ1) is 25.2. The Kier molecular flexibility index (Phi) is 6.90. The van der Waals surface area contributed by atoms with Crippen molar-refractivity contribution in [3.05, 3.63) is 52.4 Å². The molecule has 9 nitrogen and oxygen atoms in total. The average molecular weight is 500 g/mol. The number of ether oxygens (including phenoxy) is 1. The summed E-state index contributed by atoms with van der Waals surface area (Å²) in [4.78, 5) is 25.0. The lowest BCUT2D eigenvalue weighted by molar-refractivity contribution is 0.397. The van der Waals surface area contributed by atoms with Crippen molar-refractivity contribution in [1.29, 1.82) is 0 Å². The van der Waals surface area contributed by atoms with Crippen LogP contribution in [0, 0.1) is 5.92 Å². The lowest BCUT2D eigenvalue weighted by Crippen LogP contribution is -2.40. The number of aromatic nitrogens is 2. The Bertz CT molecular complexity index is 1400. The van der Waals surface area contributed by atoms with Gasteiger partial charge in [-0.2, -0.15) is 4.83 Å². The molecule has 1 fully saturated rings. The summed E-state index contributed by atoms with van der Waals surface area (Å²) in [6.07, 6.45) is 3.93. The summed E-state index contributed by atoms with van der Waals surface area (Å²) in [5.74, 6) is 0.726. The van der Waals surface area contributed by atoms with Crippen LogP contribution in [-0.4, -0.2) is 51.4 Å². The Morgan fingerprint density at radius 2 is 1.97 bits per heavy atom. The van der Waals surface area contributed by atoms with Crippen molar-refractivity contribution in [2.24, 2.45) is 5.92 Å². The van der Waals surface area contributed by atoms with E-state index in [4.69, 9.17) is 9.72 Å². The fourth-order valence-corrected chi connectivity index (χ4v) is 4.73. The second-order valence-corrected chi connectivity index (χ2v) is 11.9. The molecule has 0 spiro atoms. The van der Waals surface area contributed by atoms with Crippen LogP contribution in [0.15, 0.2) is 41.3 Å². The second-order valence-electron chi connectivity index (χ2n) is 10.2. The van der Waals surface area contributed by atoms with Gasteiger partial charge in [-0.1, -0.05) is 20.8 Å². The molecule has 1 saturated heterocycles. The predicted octanol–water partition coefficient (Wildman–Crippen LogP) is 2.78. The molecule has 188 valence electrons. The average Bonchev–Trinajstić information content (AvgIpc) is 3.25. The first-order chi connectivity index (χ1) is 16.4. The van der Waals surface area contributed by atoms with E-state index in [1.807, 2.05) is 6.20 Å². The molecule has 0 bridgehead atoms. The standard InChI is InChI=1S/C25H33N5O4S/c1-25(2,3)18-10-17-11-19(30-9-8-16(15-30)13-27-29-35(5,32)33)14-26-23(17)21(12-18)20-6-7-22(34-4)28-24(20)31/h6-7,10-12,14,16,27,29H,8-9,13,15H2,1-5H3,(H,28,31)/t16-/m1/s1. The number of hydrazine groups is 1. The summed E-state index contributed by atoms with van der Waals surface area (Å²) in [5, 5.41) is 0.973. The van der Waals surface area contributed by atoms with Crippen LogP contribution < -0.4 is 25.5 Å². The minimum absolute atomic E-state index is 0.116. The number of rotatable bonds is 7. The van der Waals surface area contributed by atoms with Gasteiger partial charge in [-0.05, 0) is 53.6 Å². The number of nitrogens with one attached hydrogen (secondary N) is 3. The van der Waals surface area contributed by atoms with Crippen LogP contribution in [0.5, 0.6) is 5.88 Å². The number of pyridine rings is 2. The highest BCUT2D eigenvalue weighted by Gasteiger charge is 2.24. The highest BCUT2D eigenvalue weighted by Crippen LogP contribution is 2.35. The predicted molar refractivity (Wildman–Crippen MR) is 139 cm³/mol. The number of aromatic amines is 1. The number of fused-ring (bicyclic) bond motifs is 1. The Labute approximate surface area is 205 Å². The molecule has 1 aliphatic rings. The number of H-pyrrole nitrogens is 1. The second kappa shape index (κ2) is 9.60. The number of nitrogens with zero attached hydrogens (tertiary/aromatic N) is 2. The monoisotopic (exact) mass is 499 g/mol. The van der Waals surface area contributed by atoms with Crippen LogP contribution in [0.4, 0.5) is 5.69 Å². The first-order valence-electron chi connectivity index (χ1n) is 11.6. The lowest BCUT2D eigenvalue weighted by atomic mass is 9.84. The molecule has 3 heterocycles. The van der Waals surface area contributed by atoms with E-state index in [1.54, 1.807) is 12.1 Å². The molecule has 4 rings (SSSR count). The van der Waals surface area contributed by atoms with Gasteiger partial charge in [0.15, 0.2) is 5.88 Å². The molecule has 0 saturated carbocycles. The normalized spacial score (nSPS) is 16.7. The van der Waals surface area contributed by atoms with E-state index in [0.717, 1.165) is 53.5 Å². The van der Waals surface area contributed by atoms with E-state index >= 15 is 0 Å². The minimum atomic E-state index is -3.27. The third-order valence-electron chi connectivity index (χ3n) is 6.33. The molecular formula is C25H33N5O4S. The zero-order valence-electron chi connectivity index (χ0n) is 20.8. The summed E-state index contributed by atoms with van der Waals surface area (Å²) in [7, 11) is -1.75. The number of benzene rings is 1. The molecule has 0 aliphatic carbocycles. The van der Waals surface area contributed by atoms with E-state index in [0.29, 0.717) is 23.9 Å². The highest BCUT2D eigenvalue weighted by atomic mass is 32.2.